The zero-order chi connectivity index (χ0) is 22.5. The van der Waals surface area contributed by atoms with E-state index in [2.05, 4.69) is 63.7 Å². The largest absolute Gasteiger partial charge is 0.308 e. The first-order valence-electron chi connectivity index (χ1n) is 10.8. The van der Waals surface area contributed by atoms with Crippen molar-refractivity contribution >= 4 is 11.6 Å². The van der Waals surface area contributed by atoms with Crippen molar-refractivity contribution in [1.29, 1.82) is 0 Å². The number of benzene rings is 2. The van der Waals surface area contributed by atoms with E-state index in [-0.39, 0.29) is 5.91 Å². The predicted octanol–water partition coefficient (Wildman–Crippen LogP) is 4.61. The molecule has 0 bridgehead atoms. The fourth-order valence-corrected chi connectivity index (χ4v) is 3.71. The van der Waals surface area contributed by atoms with Gasteiger partial charge in [-0.1, -0.05) is 62.4 Å². The van der Waals surface area contributed by atoms with E-state index in [0.29, 0.717) is 12.4 Å². The van der Waals surface area contributed by atoms with Crippen LogP contribution in [0.4, 0.5) is 5.69 Å². The molecule has 0 radical (unpaired) electrons. The molecule has 4 aromatic rings. The molecule has 32 heavy (non-hydrogen) atoms. The lowest BCUT2D eigenvalue weighted by molar-refractivity contribution is -0.116. The number of nitrogens with zero attached hydrogens (tertiary/aromatic N) is 5. The minimum absolute atomic E-state index is 0.00633. The second kappa shape index (κ2) is 9.51. The molecule has 0 atom stereocenters. The van der Waals surface area contributed by atoms with Crippen LogP contribution in [0, 0.1) is 0 Å². The molecule has 0 aliphatic carbocycles. The normalized spacial score (nSPS) is 10.8. The summed E-state index contributed by atoms with van der Waals surface area (Å²) in [6, 6.07) is 20.2. The molecule has 0 spiro atoms. The highest BCUT2D eigenvalue weighted by molar-refractivity contribution is 5.91. The van der Waals surface area contributed by atoms with Crippen molar-refractivity contribution in [1.82, 2.24) is 25.6 Å². The summed E-state index contributed by atoms with van der Waals surface area (Å²) in [7, 11) is 0. The standard InChI is InChI=1S/C25H26N6O/c1-4-20-14-22(15-21(5-2)26-20)31(17(3)32)16-18-10-12-19(13-11-18)23-8-6-7-9-24(23)25-27-29-30-28-25/h6-15H,4-5,16H2,1-3H3,(H,27,28,29,30). The molecule has 162 valence electrons. The van der Waals surface area contributed by atoms with Gasteiger partial charge in [0.05, 0.1) is 6.54 Å². The fourth-order valence-electron chi connectivity index (χ4n) is 3.71. The van der Waals surface area contributed by atoms with Crippen LogP contribution in [0.25, 0.3) is 22.5 Å². The van der Waals surface area contributed by atoms with Crippen molar-refractivity contribution in [2.75, 3.05) is 4.90 Å². The average Bonchev–Trinajstić information content (AvgIpc) is 3.37. The van der Waals surface area contributed by atoms with Gasteiger partial charge in [-0.25, -0.2) is 0 Å². The van der Waals surface area contributed by atoms with Crippen LogP contribution in [0.3, 0.4) is 0 Å². The topological polar surface area (TPSA) is 87.7 Å². The molecule has 0 aliphatic rings. The summed E-state index contributed by atoms with van der Waals surface area (Å²) in [4.78, 5) is 18.9. The van der Waals surface area contributed by atoms with Gasteiger partial charge in [0.25, 0.3) is 0 Å². The summed E-state index contributed by atoms with van der Waals surface area (Å²) in [5.74, 6) is 0.565. The van der Waals surface area contributed by atoms with Crippen molar-refractivity contribution < 1.29 is 4.79 Å². The number of amides is 1. The van der Waals surface area contributed by atoms with Crippen molar-refractivity contribution in [3.05, 3.63) is 77.6 Å². The van der Waals surface area contributed by atoms with Crippen LogP contribution in [0.5, 0.6) is 0 Å². The Morgan fingerprint density at radius 2 is 1.59 bits per heavy atom. The summed E-state index contributed by atoms with van der Waals surface area (Å²) in [6.45, 7) is 6.26. The van der Waals surface area contributed by atoms with Crippen molar-refractivity contribution in [3.63, 3.8) is 0 Å². The lowest BCUT2D eigenvalue weighted by Gasteiger charge is -2.23. The number of hydrogen-bond donors (Lipinski definition) is 1. The van der Waals surface area contributed by atoms with Crippen molar-refractivity contribution in [2.45, 2.75) is 40.2 Å². The van der Waals surface area contributed by atoms with Crippen LogP contribution in [0.15, 0.2) is 60.7 Å². The Hall–Kier alpha value is -3.87. The average molecular weight is 427 g/mol. The predicted molar refractivity (Wildman–Crippen MR) is 125 cm³/mol. The number of rotatable bonds is 7. The lowest BCUT2D eigenvalue weighted by atomic mass is 9.98. The fraction of sp³-hybridized carbons (Fsp3) is 0.240. The number of aromatic nitrogens is 5. The van der Waals surface area contributed by atoms with Crippen LogP contribution in [-0.4, -0.2) is 31.5 Å². The highest BCUT2D eigenvalue weighted by atomic mass is 16.2. The summed E-state index contributed by atoms with van der Waals surface area (Å²) in [6.07, 6.45) is 1.67. The van der Waals surface area contributed by atoms with Gasteiger partial charge in [-0.05, 0) is 46.9 Å². The highest BCUT2D eigenvalue weighted by Crippen LogP contribution is 2.30. The van der Waals surface area contributed by atoms with Gasteiger partial charge in [-0.3, -0.25) is 9.78 Å². The van der Waals surface area contributed by atoms with Crippen molar-refractivity contribution in [3.8, 4) is 22.5 Å². The van der Waals surface area contributed by atoms with E-state index < -0.39 is 0 Å². The Morgan fingerprint density at radius 3 is 2.16 bits per heavy atom. The molecule has 4 rings (SSSR count). The SMILES string of the molecule is CCc1cc(N(Cc2ccc(-c3ccccc3-c3nn[nH]n3)cc2)C(C)=O)cc(CC)n1. The molecule has 7 nitrogen and oxygen atoms in total. The Bertz CT molecular complexity index is 1180. The number of H-pyrrole nitrogens is 1. The molecular formula is C25H26N6O. The molecule has 1 amide bonds. The zero-order valence-electron chi connectivity index (χ0n) is 18.5. The summed E-state index contributed by atoms with van der Waals surface area (Å²) in [5, 5.41) is 14.4. The molecule has 1 N–H and O–H groups in total. The Morgan fingerprint density at radius 1 is 0.938 bits per heavy atom. The van der Waals surface area contributed by atoms with E-state index in [0.717, 1.165) is 52.2 Å². The number of tetrazole rings is 1. The van der Waals surface area contributed by atoms with Gasteiger partial charge in [-0.2, -0.15) is 5.21 Å². The number of pyridine rings is 1. The highest BCUT2D eigenvalue weighted by Gasteiger charge is 2.15. The molecule has 7 heteroatoms. The summed E-state index contributed by atoms with van der Waals surface area (Å²) >= 11 is 0. The first-order chi connectivity index (χ1) is 15.6. The van der Waals surface area contributed by atoms with E-state index in [1.54, 1.807) is 6.92 Å². The van der Waals surface area contributed by atoms with Gasteiger partial charge in [0, 0.05) is 29.6 Å². The number of aromatic amines is 1. The van der Waals surface area contributed by atoms with Crippen molar-refractivity contribution in [2.24, 2.45) is 0 Å². The number of anilines is 1. The van der Waals surface area contributed by atoms with Crippen LogP contribution >= 0.6 is 0 Å². The third kappa shape index (κ3) is 4.56. The van der Waals surface area contributed by atoms with E-state index in [1.807, 2.05) is 41.3 Å². The smallest absolute Gasteiger partial charge is 0.224 e. The minimum Gasteiger partial charge on any atom is -0.308 e. The third-order valence-electron chi connectivity index (χ3n) is 5.45. The maximum absolute atomic E-state index is 12.5. The van der Waals surface area contributed by atoms with E-state index in [4.69, 9.17) is 0 Å². The Balaban J connectivity index is 1.62. The second-order valence-corrected chi connectivity index (χ2v) is 7.60. The first-order valence-corrected chi connectivity index (χ1v) is 10.8. The van der Waals surface area contributed by atoms with Gasteiger partial charge >= 0.3 is 0 Å². The van der Waals surface area contributed by atoms with Gasteiger partial charge in [0.15, 0.2) is 0 Å². The molecule has 2 aromatic carbocycles. The molecule has 0 saturated heterocycles. The first kappa shape index (κ1) is 21.4. The van der Waals surface area contributed by atoms with Gasteiger partial charge in [0.1, 0.15) is 0 Å². The number of carbonyl (C=O) groups excluding carboxylic acids is 1. The molecule has 0 saturated carbocycles. The summed E-state index contributed by atoms with van der Waals surface area (Å²) < 4.78 is 0. The molecule has 2 aromatic heterocycles. The second-order valence-electron chi connectivity index (χ2n) is 7.60. The zero-order valence-corrected chi connectivity index (χ0v) is 18.5. The molecule has 0 fully saturated rings. The Kier molecular flexibility index (Phi) is 6.35. The molecule has 0 aliphatic heterocycles. The van der Waals surface area contributed by atoms with E-state index >= 15 is 0 Å². The molecular weight excluding hydrogens is 400 g/mol. The van der Waals surface area contributed by atoms with Crippen LogP contribution in [-0.2, 0) is 24.2 Å². The number of hydrogen-bond acceptors (Lipinski definition) is 5. The minimum atomic E-state index is 0.00633. The number of carbonyl (C=O) groups is 1. The van der Waals surface area contributed by atoms with Crippen LogP contribution in [0.2, 0.25) is 0 Å². The van der Waals surface area contributed by atoms with E-state index in [9.17, 15) is 4.79 Å². The third-order valence-corrected chi connectivity index (χ3v) is 5.45. The summed E-state index contributed by atoms with van der Waals surface area (Å²) in [5.41, 5.74) is 6.93. The number of aryl methyl sites for hydroxylation is 2. The van der Waals surface area contributed by atoms with Crippen LogP contribution < -0.4 is 4.90 Å². The maximum Gasteiger partial charge on any atom is 0.224 e. The lowest BCUT2D eigenvalue weighted by Crippen LogP contribution is -2.28. The van der Waals surface area contributed by atoms with Gasteiger partial charge < -0.3 is 4.90 Å². The maximum atomic E-state index is 12.5. The number of nitrogens with one attached hydrogen (secondary N) is 1. The quantitative estimate of drug-likeness (QED) is 0.466. The van der Waals surface area contributed by atoms with Gasteiger partial charge in [0.2, 0.25) is 11.7 Å². The van der Waals surface area contributed by atoms with Gasteiger partial charge in [-0.15, -0.1) is 10.2 Å². The molecule has 0 unspecified atom stereocenters. The Labute approximate surface area is 187 Å². The monoisotopic (exact) mass is 426 g/mol. The molecule has 2 heterocycles. The van der Waals surface area contributed by atoms with Crippen LogP contribution in [0.1, 0.15) is 37.7 Å². The van der Waals surface area contributed by atoms with E-state index in [1.165, 1.54) is 0 Å².